The molecule has 2 aromatic rings. The van der Waals surface area contributed by atoms with Crippen LogP contribution in [0.4, 0.5) is 5.69 Å². The largest absolute Gasteiger partial charge is 0.494 e. The van der Waals surface area contributed by atoms with Crippen molar-refractivity contribution in [2.24, 2.45) is 0 Å². The predicted octanol–water partition coefficient (Wildman–Crippen LogP) is 1.85. The van der Waals surface area contributed by atoms with Crippen LogP contribution in [0.2, 0.25) is 0 Å². The number of nitrogens with zero attached hydrogens (tertiary/aromatic N) is 2. The van der Waals surface area contributed by atoms with Crippen molar-refractivity contribution < 1.29 is 14.3 Å². The molecular formula is C14H17N3O3. The SMILES string of the molecule is CCn1cc(COC(=O)c2cccc(N)c2OC)cn1. The molecule has 0 bridgehead atoms. The second-order valence-corrected chi connectivity index (χ2v) is 4.21. The highest BCUT2D eigenvalue weighted by Crippen LogP contribution is 2.26. The molecule has 2 N–H and O–H groups in total. The molecule has 106 valence electrons. The van der Waals surface area contributed by atoms with Gasteiger partial charge >= 0.3 is 5.97 Å². The second kappa shape index (κ2) is 6.10. The molecule has 1 aromatic heterocycles. The zero-order chi connectivity index (χ0) is 14.5. The number of nitrogens with two attached hydrogens (primary N) is 1. The molecule has 0 saturated carbocycles. The molecule has 0 unspecified atom stereocenters. The summed E-state index contributed by atoms with van der Waals surface area (Å²) in [5.41, 5.74) is 7.31. The van der Waals surface area contributed by atoms with Crippen LogP contribution in [0.1, 0.15) is 22.8 Å². The number of para-hydroxylation sites is 1. The highest BCUT2D eigenvalue weighted by molar-refractivity contribution is 5.94. The maximum Gasteiger partial charge on any atom is 0.342 e. The molecule has 0 fully saturated rings. The van der Waals surface area contributed by atoms with Crippen LogP contribution in [0, 0.1) is 0 Å². The maximum absolute atomic E-state index is 12.0. The molecule has 0 aliphatic carbocycles. The minimum absolute atomic E-state index is 0.163. The van der Waals surface area contributed by atoms with Gasteiger partial charge < -0.3 is 15.2 Å². The molecule has 0 spiro atoms. The number of methoxy groups -OCH3 is 1. The quantitative estimate of drug-likeness (QED) is 0.665. The van der Waals surface area contributed by atoms with Gasteiger partial charge in [0.25, 0.3) is 0 Å². The van der Waals surface area contributed by atoms with Crippen molar-refractivity contribution in [3.63, 3.8) is 0 Å². The minimum atomic E-state index is -0.474. The van der Waals surface area contributed by atoms with E-state index in [4.69, 9.17) is 15.2 Å². The summed E-state index contributed by atoms with van der Waals surface area (Å²) < 4.78 is 12.1. The third-order valence-corrected chi connectivity index (χ3v) is 2.85. The summed E-state index contributed by atoms with van der Waals surface area (Å²) in [5, 5.41) is 4.11. The van der Waals surface area contributed by atoms with Gasteiger partial charge in [-0.15, -0.1) is 0 Å². The Balaban J connectivity index is 2.07. The Kier molecular flexibility index (Phi) is 4.24. The van der Waals surface area contributed by atoms with Crippen molar-refractivity contribution in [3.05, 3.63) is 41.7 Å². The van der Waals surface area contributed by atoms with Crippen molar-refractivity contribution >= 4 is 11.7 Å². The van der Waals surface area contributed by atoms with Crippen molar-refractivity contribution in [3.8, 4) is 5.75 Å². The highest BCUT2D eigenvalue weighted by atomic mass is 16.5. The van der Waals surface area contributed by atoms with E-state index in [1.54, 1.807) is 29.1 Å². The summed E-state index contributed by atoms with van der Waals surface area (Å²) in [7, 11) is 1.47. The molecule has 20 heavy (non-hydrogen) atoms. The van der Waals surface area contributed by atoms with Gasteiger partial charge in [0.1, 0.15) is 12.2 Å². The van der Waals surface area contributed by atoms with E-state index in [1.807, 2.05) is 13.1 Å². The Labute approximate surface area is 117 Å². The fourth-order valence-corrected chi connectivity index (χ4v) is 1.82. The number of ether oxygens (including phenoxy) is 2. The number of aromatic nitrogens is 2. The van der Waals surface area contributed by atoms with E-state index in [2.05, 4.69) is 5.10 Å². The highest BCUT2D eigenvalue weighted by Gasteiger charge is 2.16. The lowest BCUT2D eigenvalue weighted by Gasteiger charge is -2.10. The first kappa shape index (κ1) is 13.9. The van der Waals surface area contributed by atoms with Crippen LogP contribution < -0.4 is 10.5 Å². The summed E-state index contributed by atoms with van der Waals surface area (Å²) in [6.45, 7) is 2.92. The van der Waals surface area contributed by atoms with Crippen molar-refractivity contribution in [1.29, 1.82) is 0 Å². The van der Waals surface area contributed by atoms with Crippen LogP contribution in [-0.2, 0) is 17.9 Å². The number of esters is 1. The summed E-state index contributed by atoms with van der Waals surface area (Å²) in [4.78, 5) is 12.0. The zero-order valence-corrected chi connectivity index (χ0v) is 11.5. The Morgan fingerprint density at radius 1 is 1.45 bits per heavy atom. The van der Waals surface area contributed by atoms with Gasteiger partial charge in [-0.25, -0.2) is 4.79 Å². The Morgan fingerprint density at radius 2 is 2.25 bits per heavy atom. The van der Waals surface area contributed by atoms with Gasteiger partial charge in [0, 0.05) is 18.3 Å². The van der Waals surface area contributed by atoms with Gasteiger partial charge in [0.2, 0.25) is 0 Å². The molecule has 6 nitrogen and oxygen atoms in total. The summed E-state index contributed by atoms with van der Waals surface area (Å²) >= 11 is 0. The molecule has 2 rings (SSSR count). The van der Waals surface area contributed by atoms with Crippen LogP contribution in [0.5, 0.6) is 5.75 Å². The molecule has 1 aromatic carbocycles. The number of carbonyl (C=O) groups is 1. The fourth-order valence-electron chi connectivity index (χ4n) is 1.82. The van der Waals surface area contributed by atoms with Crippen molar-refractivity contribution in [2.75, 3.05) is 12.8 Å². The Hall–Kier alpha value is -2.50. The van der Waals surface area contributed by atoms with Gasteiger partial charge in [-0.2, -0.15) is 5.10 Å². The average molecular weight is 275 g/mol. The third-order valence-electron chi connectivity index (χ3n) is 2.85. The minimum Gasteiger partial charge on any atom is -0.494 e. The number of benzene rings is 1. The summed E-state index contributed by atoms with van der Waals surface area (Å²) in [6.07, 6.45) is 3.51. The number of aryl methyl sites for hydroxylation is 1. The van der Waals surface area contributed by atoms with Crippen LogP contribution in [0.25, 0.3) is 0 Å². The van der Waals surface area contributed by atoms with Crippen LogP contribution >= 0.6 is 0 Å². The van der Waals surface area contributed by atoms with Crippen molar-refractivity contribution in [2.45, 2.75) is 20.1 Å². The van der Waals surface area contributed by atoms with E-state index >= 15 is 0 Å². The molecule has 0 aliphatic heterocycles. The van der Waals surface area contributed by atoms with Crippen LogP contribution in [-0.4, -0.2) is 22.9 Å². The zero-order valence-electron chi connectivity index (χ0n) is 11.5. The molecule has 0 radical (unpaired) electrons. The summed E-state index contributed by atoms with van der Waals surface area (Å²) in [5.74, 6) is -0.139. The second-order valence-electron chi connectivity index (χ2n) is 4.21. The number of hydrogen-bond acceptors (Lipinski definition) is 5. The molecular weight excluding hydrogens is 258 g/mol. The molecule has 0 amide bonds. The van der Waals surface area contributed by atoms with Gasteiger partial charge in [-0.3, -0.25) is 4.68 Å². The molecule has 6 heteroatoms. The first-order valence-corrected chi connectivity index (χ1v) is 6.26. The van der Waals surface area contributed by atoms with Gasteiger partial charge in [-0.1, -0.05) is 6.07 Å². The number of nitrogen functional groups attached to an aromatic ring is 1. The van der Waals surface area contributed by atoms with Crippen molar-refractivity contribution in [1.82, 2.24) is 9.78 Å². The monoisotopic (exact) mass is 275 g/mol. The first-order valence-electron chi connectivity index (χ1n) is 6.26. The Morgan fingerprint density at radius 3 is 2.90 bits per heavy atom. The van der Waals surface area contributed by atoms with E-state index in [-0.39, 0.29) is 6.61 Å². The number of carbonyl (C=O) groups excluding carboxylic acids is 1. The van der Waals surface area contributed by atoms with Crippen LogP contribution in [0.3, 0.4) is 0 Å². The van der Waals surface area contributed by atoms with E-state index in [1.165, 1.54) is 7.11 Å². The maximum atomic E-state index is 12.0. The fraction of sp³-hybridized carbons (Fsp3) is 0.286. The van der Waals surface area contributed by atoms with E-state index in [9.17, 15) is 4.79 Å². The van der Waals surface area contributed by atoms with Gasteiger partial charge in [0.05, 0.1) is 19.0 Å². The van der Waals surface area contributed by atoms with E-state index in [0.717, 1.165) is 12.1 Å². The normalized spacial score (nSPS) is 10.3. The lowest BCUT2D eigenvalue weighted by Crippen LogP contribution is -2.08. The van der Waals surface area contributed by atoms with Crippen LogP contribution in [0.15, 0.2) is 30.6 Å². The molecule has 0 aliphatic rings. The lowest BCUT2D eigenvalue weighted by molar-refractivity contribution is 0.0469. The molecule has 0 atom stereocenters. The average Bonchev–Trinajstić information content (AvgIpc) is 2.92. The summed E-state index contributed by atoms with van der Waals surface area (Å²) in [6, 6.07) is 4.97. The standard InChI is InChI=1S/C14H17N3O3/c1-3-17-8-10(7-16-17)9-20-14(18)11-5-4-6-12(15)13(11)19-2/h4-8H,3,9,15H2,1-2H3. The van der Waals surface area contributed by atoms with Gasteiger partial charge in [0.15, 0.2) is 5.75 Å². The third kappa shape index (κ3) is 2.90. The first-order chi connectivity index (χ1) is 9.65. The van der Waals surface area contributed by atoms with E-state index < -0.39 is 5.97 Å². The lowest BCUT2D eigenvalue weighted by atomic mass is 10.2. The Bertz CT molecular complexity index is 607. The molecule has 1 heterocycles. The predicted molar refractivity (Wildman–Crippen MR) is 74.4 cm³/mol. The number of rotatable bonds is 5. The van der Waals surface area contributed by atoms with E-state index in [0.29, 0.717) is 17.0 Å². The number of anilines is 1. The molecule has 0 saturated heterocycles. The smallest absolute Gasteiger partial charge is 0.342 e. The van der Waals surface area contributed by atoms with Gasteiger partial charge in [-0.05, 0) is 19.1 Å². The topological polar surface area (TPSA) is 79.4 Å². The number of hydrogen-bond donors (Lipinski definition) is 1.